The standard InChI is InChI=1S/C27H25FN2O/c1-3-4-17-30-26(20-9-5-6-10-21(20)27(30)31)24-22-11-7-8-12-23(22)29(2)25(24)18-13-15-19(28)16-14-18/h5-16,26H,3-4,17H2,1-2H3/t26-/m0/s1. The summed E-state index contributed by atoms with van der Waals surface area (Å²) in [6.45, 7) is 2.85. The first-order valence-electron chi connectivity index (χ1n) is 10.8. The predicted octanol–water partition coefficient (Wildman–Crippen LogP) is 6.33. The highest BCUT2D eigenvalue weighted by Crippen LogP contribution is 2.46. The van der Waals surface area contributed by atoms with Crippen LogP contribution >= 0.6 is 0 Å². The minimum atomic E-state index is -0.255. The normalized spacial score (nSPS) is 15.6. The van der Waals surface area contributed by atoms with E-state index < -0.39 is 0 Å². The minimum Gasteiger partial charge on any atom is -0.343 e. The van der Waals surface area contributed by atoms with Crippen LogP contribution in [-0.4, -0.2) is 21.9 Å². The lowest BCUT2D eigenvalue weighted by Gasteiger charge is -2.27. The lowest BCUT2D eigenvalue weighted by molar-refractivity contribution is 0.0748. The second kappa shape index (κ2) is 7.69. The van der Waals surface area contributed by atoms with E-state index in [4.69, 9.17) is 0 Å². The molecule has 1 aromatic heterocycles. The van der Waals surface area contributed by atoms with Crippen molar-refractivity contribution in [2.45, 2.75) is 25.8 Å². The number of benzene rings is 3. The summed E-state index contributed by atoms with van der Waals surface area (Å²) in [5.74, 6) is -0.165. The van der Waals surface area contributed by atoms with Gasteiger partial charge in [0.25, 0.3) is 5.91 Å². The van der Waals surface area contributed by atoms with Crippen molar-refractivity contribution < 1.29 is 9.18 Å². The van der Waals surface area contributed by atoms with E-state index in [9.17, 15) is 9.18 Å². The number of nitrogens with zero attached hydrogens (tertiary/aromatic N) is 2. The number of halogens is 1. The van der Waals surface area contributed by atoms with Gasteiger partial charge in [-0.15, -0.1) is 0 Å². The van der Waals surface area contributed by atoms with Crippen LogP contribution in [0.3, 0.4) is 0 Å². The van der Waals surface area contributed by atoms with E-state index in [2.05, 4.69) is 29.7 Å². The van der Waals surface area contributed by atoms with Crippen LogP contribution in [0.25, 0.3) is 22.2 Å². The third-order valence-electron chi connectivity index (χ3n) is 6.35. The fraction of sp³-hybridized carbons (Fsp3) is 0.222. The Morgan fingerprint density at radius 3 is 2.42 bits per heavy atom. The Balaban J connectivity index is 1.82. The van der Waals surface area contributed by atoms with Gasteiger partial charge in [0.2, 0.25) is 0 Å². The Bertz CT molecular complexity index is 1270. The summed E-state index contributed by atoms with van der Waals surface area (Å²) in [6, 6.07) is 22.7. The van der Waals surface area contributed by atoms with Crippen LogP contribution in [0.5, 0.6) is 0 Å². The van der Waals surface area contributed by atoms with E-state index >= 15 is 0 Å². The molecule has 1 atom stereocenters. The average molecular weight is 413 g/mol. The van der Waals surface area contributed by atoms with E-state index in [1.165, 1.54) is 12.1 Å². The SMILES string of the molecule is CCCCN1C(=O)c2ccccc2[C@H]1c1c(-c2ccc(F)cc2)n(C)c2ccccc12. The molecule has 5 rings (SSSR count). The average Bonchev–Trinajstić information content (AvgIpc) is 3.24. The molecule has 3 nitrogen and oxygen atoms in total. The number of amides is 1. The second-order valence-electron chi connectivity index (χ2n) is 8.19. The van der Waals surface area contributed by atoms with Crippen LogP contribution in [-0.2, 0) is 7.05 Å². The van der Waals surface area contributed by atoms with Gasteiger partial charge in [-0.25, -0.2) is 4.39 Å². The van der Waals surface area contributed by atoms with Gasteiger partial charge < -0.3 is 9.47 Å². The second-order valence-corrected chi connectivity index (χ2v) is 8.19. The first kappa shape index (κ1) is 19.6. The maximum Gasteiger partial charge on any atom is 0.255 e. The van der Waals surface area contributed by atoms with Gasteiger partial charge in [-0.2, -0.15) is 0 Å². The summed E-state index contributed by atoms with van der Waals surface area (Å²) >= 11 is 0. The molecule has 0 N–H and O–H groups in total. The monoisotopic (exact) mass is 412 g/mol. The fourth-order valence-electron chi connectivity index (χ4n) is 4.90. The zero-order valence-corrected chi connectivity index (χ0v) is 17.8. The molecule has 0 saturated heterocycles. The number of aryl methyl sites for hydroxylation is 1. The van der Waals surface area contributed by atoms with Crippen LogP contribution in [0.1, 0.15) is 47.3 Å². The van der Waals surface area contributed by atoms with Crippen LogP contribution < -0.4 is 0 Å². The highest BCUT2D eigenvalue weighted by Gasteiger charge is 2.40. The third-order valence-corrected chi connectivity index (χ3v) is 6.35. The molecular formula is C27H25FN2O. The molecule has 3 aromatic carbocycles. The first-order valence-corrected chi connectivity index (χ1v) is 10.8. The lowest BCUT2D eigenvalue weighted by Crippen LogP contribution is -2.30. The first-order chi connectivity index (χ1) is 15.1. The molecule has 0 spiro atoms. The molecule has 4 aromatic rings. The predicted molar refractivity (Wildman–Crippen MR) is 123 cm³/mol. The smallest absolute Gasteiger partial charge is 0.255 e. The number of rotatable bonds is 5. The number of hydrogen-bond acceptors (Lipinski definition) is 1. The third kappa shape index (κ3) is 3.05. The molecule has 1 amide bonds. The van der Waals surface area contributed by atoms with Crippen molar-refractivity contribution in [3.8, 4) is 11.3 Å². The summed E-state index contributed by atoms with van der Waals surface area (Å²) in [7, 11) is 2.05. The van der Waals surface area contributed by atoms with Gasteiger partial charge in [0, 0.05) is 35.6 Å². The molecular weight excluding hydrogens is 387 g/mol. The van der Waals surface area contributed by atoms with Crippen molar-refractivity contribution >= 4 is 16.8 Å². The molecule has 31 heavy (non-hydrogen) atoms. The summed E-state index contributed by atoms with van der Waals surface area (Å²) in [6.07, 6.45) is 1.97. The number of fused-ring (bicyclic) bond motifs is 2. The fourth-order valence-corrected chi connectivity index (χ4v) is 4.90. The van der Waals surface area contributed by atoms with Crippen molar-refractivity contribution in [3.05, 3.63) is 95.3 Å². The molecule has 4 heteroatoms. The van der Waals surface area contributed by atoms with Crippen molar-refractivity contribution in [3.63, 3.8) is 0 Å². The quantitative estimate of drug-likeness (QED) is 0.376. The number of carbonyl (C=O) groups excluding carboxylic acids is 1. The Morgan fingerprint density at radius 1 is 0.935 bits per heavy atom. The van der Waals surface area contributed by atoms with Crippen LogP contribution in [0.2, 0.25) is 0 Å². The highest BCUT2D eigenvalue weighted by atomic mass is 19.1. The topological polar surface area (TPSA) is 25.2 Å². The van der Waals surface area contributed by atoms with E-state index in [1.807, 2.05) is 54.4 Å². The van der Waals surface area contributed by atoms with E-state index in [0.29, 0.717) is 6.54 Å². The largest absolute Gasteiger partial charge is 0.343 e. The summed E-state index contributed by atoms with van der Waals surface area (Å²) in [5.41, 5.74) is 6.01. The van der Waals surface area contributed by atoms with Gasteiger partial charge in [-0.1, -0.05) is 49.7 Å². The zero-order valence-electron chi connectivity index (χ0n) is 17.8. The Morgan fingerprint density at radius 2 is 1.65 bits per heavy atom. The van der Waals surface area contributed by atoms with Gasteiger partial charge in [0.1, 0.15) is 5.82 Å². The van der Waals surface area contributed by atoms with Crippen molar-refractivity contribution in [1.29, 1.82) is 0 Å². The van der Waals surface area contributed by atoms with Gasteiger partial charge >= 0.3 is 0 Å². The Labute approximate surface area is 181 Å². The number of unbranched alkanes of at least 4 members (excludes halogenated alkanes) is 1. The Hall–Kier alpha value is -3.40. The molecule has 0 fully saturated rings. The van der Waals surface area contributed by atoms with Crippen molar-refractivity contribution in [2.75, 3.05) is 6.54 Å². The van der Waals surface area contributed by atoms with E-state index in [1.54, 1.807) is 0 Å². The Kier molecular flexibility index (Phi) is 4.85. The van der Waals surface area contributed by atoms with Crippen LogP contribution in [0, 0.1) is 5.82 Å². The molecule has 0 aliphatic carbocycles. The number of para-hydroxylation sites is 1. The zero-order chi connectivity index (χ0) is 21.5. The summed E-state index contributed by atoms with van der Waals surface area (Å²) < 4.78 is 15.9. The highest BCUT2D eigenvalue weighted by molar-refractivity contribution is 6.02. The van der Waals surface area contributed by atoms with Gasteiger partial charge in [-0.3, -0.25) is 4.79 Å². The maximum atomic E-state index is 13.7. The molecule has 0 saturated carbocycles. The number of hydrogen-bond donors (Lipinski definition) is 0. The molecule has 0 unspecified atom stereocenters. The van der Waals surface area contributed by atoms with Crippen LogP contribution in [0.4, 0.5) is 4.39 Å². The van der Waals surface area contributed by atoms with Gasteiger partial charge in [0.15, 0.2) is 0 Å². The maximum absolute atomic E-state index is 13.7. The van der Waals surface area contributed by atoms with Crippen LogP contribution in [0.15, 0.2) is 72.8 Å². The van der Waals surface area contributed by atoms with Gasteiger partial charge in [0.05, 0.1) is 11.7 Å². The summed E-state index contributed by atoms with van der Waals surface area (Å²) in [5, 5.41) is 1.13. The number of carbonyl (C=O) groups is 1. The van der Waals surface area contributed by atoms with E-state index in [0.717, 1.165) is 51.7 Å². The molecule has 2 heterocycles. The number of aromatic nitrogens is 1. The lowest BCUT2D eigenvalue weighted by atomic mass is 9.93. The molecule has 0 radical (unpaired) electrons. The summed E-state index contributed by atoms with van der Waals surface area (Å²) in [4.78, 5) is 15.4. The van der Waals surface area contributed by atoms with Crippen molar-refractivity contribution in [2.24, 2.45) is 7.05 Å². The molecule has 1 aliphatic rings. The molecule has 156 valence electrons. The molecule has 1 aliphatic heterocycles. The minimum absolute atomic E-state index is 0.0899. The molecule has 0 bridgehead atoms. The van der Waals surface area contributed by atoms with E-state index in [-0.39, 0.29) is 17.8 Å². The van der Waals surface area contributed by atoms with Gasteiger partial charge in [-0.05, 0) is 53.9 Å². The van der Waals surface area contributed by atoms with Crippen molar-refractivity contribution in [1.82, 2.24) is 9.47 Å².